The minimum atomic E-state index is -0.0871. The highest BCUT2D eigenvalue weighted by Gasteiger charge is 2.25. The van der Waals surface area contributed by atoms with E-state index in [9.17, 15) is 4.79 Å². The fourth-order valence-corrected chi connectivity index (χ4v) is 1.80. The smallest absolute Gasteiger partial charge is 0.254 e. The number of hydrogen-bond acceptors (Lipinski definition) is 3. The summed E-state index contributed by atoms with van der Waals surface area (Å²) in [5, 5.41) is 9.53. The van der Waals surface area contributed by atoms with E-state index in [1.807, 2.05) is 6.92 Å². The number of carbonyl (C=O) groups excluding carboxylic acids is 1. The zero-order chi connectivity index (χ0) is 12.9. The van der Waals surface area contributed by atoms with Gasteiger partial charge in [0.1, 0.15) is 0 Å². The lowest BCUT2D eigenvalue weighted by Gasteiger charge is -2.30. The number of H-pyrrole nitrogens is 1. The molecule has 0 saturated heterocycles. The molecule has 0 fully saturated rings. The third kappa shape index (κ3) is 3.06. The second kappa shape index (κ2) is 5.82. The van der Waals surface area contributed by atoms with Gasteiger partial charge in [0.25, 0.3) is 5.91 Å². The number of nitrogens with two attached hydrogens (primary N) is 1. The molecule has 0 bridgehead atoms. The molecule has 0 aliphatic rings. The number of nitrogens with zero attached hydrogens (tertiary/aromatic N) is 1. The maximum absolute atomic E-state index is 11.9. The lowest BCUT2D eigenvalue weighted by molar-refractivity contribution is 0.0927. The molecule has 4 N–H and O–H groups in total. The summed E-state index contributed by atoms with van der Waals surface area (Å²) in [7, 11) is 0. The van der Waals surface area contributed by atoms with Crippen molar-refractivity contribution >= 4 is 5.91 Å². The van der Waals surface area contributed by atoms with Crippen molar-refractivity contribution < 1.29 is 4.79 Å². The van der Waals surface area contributed by atoms with Crippen molar-refractivity contribution in [2.45, 2.75) is 33.6 Å². The standard InChI is InChI=1S/C12H22N4O/c1-4-12(5-2,7-13)8-14-11(17)10-6-15-16-9(10)3/h6H,4-5,7-8,13H2,1-3H3,(H,14,17)(H,15,16). The van der Waals surface area contributed by atoms with Crippen molar-refractivity contribution in [2.24, 2.45) is 11.1 Å². The van der Waals surface area contributed by atoms with E-state index >= 15 is 0 Å². The summed E-state index contributed by atoms with van der Waals surface area (Å²) in [6.45, 7) is 7.24. The average molecular weight is 238 g/mol. The van der Waals surface area contributed by atoms with E-state index in [0.717, 1.165) is 18.5 Å². The van der Waals surface area contributed by atoms with Crippen LogP contribution >= 0.6 is 0 Å². The van der Waals surface area contributed by atoms with Gasteiger partial charge in [-0.05, 0) is 31.7 Å². The van der Waals surface area contributed by atoms with Crippen LogP contribution < -0.4 is 11.1 Å². The highest BCUT2D eigenvalue weighted by molar-refractivity contribution is 5.94. The molecule has 0 aliphatic heterocycles. The number of amides is 1. The van der Waals surface area contributed by atoms with Gasteiger partial charge in [0.15, 0.2) is 0 Å². The van der Waals surface area contributed by atoms with E-state index in [1.54, 1.807) is 6.20 Å². The fraction of sp³-hybridized carbons (Fsp3) is 0.667. The zero-order valence-electron chi connectivity index (χ0n) is 10.8. The Morgan fingerprint density at radius 2 is 2.18 bits per heavy atom. The first-order valence-corrected chi connectivity index (χ1v) is 6.06. The highest BCUT2D eigenvalue weighted by atomic mass is 16.1. The number of rotatable bonds is 6. The molecule has 96 valence electrons. The van der Waals surface area contributed by atoms with Crippen LogP contribution in [0.5, 0.6) is 0 Å². The molecule has 0 saturated carbocycles. The van der Waals surface area contributed by atoms with Crippen molar-refractivity contribution in [3.63, 3.8) is 0 Å². The van der Waals surface area contributed by atoms with Crippen LogP contribution in [0, 0.1) is 12.3 Å². The maximum Gasteiger partial charge on any atom is 0.254 e. The van der Waals surface area contributed by atoms with Crippen LogP contribution in [0.1, 0.15) is 42.7 Å². The molecule has 0 aliphatic carbocycles. The Kier molecular flexibility index (Phi) is 4.69. The summed E-state index contributed by atoms with van der Waals surface area (Å²) in [6.07, 6.45) is 3.47. The second-order valence-electron chi connectivity index (χ2n) is 4.50. The third-order valence-corrected chi connectivity index (χ3v) is 3.63. The fourth-order valence-electron chi connectivity index (χ4n) is 1.80. The molecular weight excluding hydrogens is 216 g/mol. The highest BCUT2D eigenvalue weighted by Crippen LogP contribution is 2.23. The third-order valence-electron chi connectivity index (χ3n) is 3.63. The molecule has 5 heteroatoms. The first-order valence-electron chi connectivity index (χ1n) is 6.06. The largest absolute Gasteiger partial charge is 0.351 e. The average Bonchev–Trinajstić information content (AvgIpc) is 2.78. The van der Waals surface area contributed by atoms with E-state index in [2.05, 4.69) is 29.4 Å². The molecule has 0 spiro atoms. The summed E-state index contributed by atoms with van der Waals surface area (Å²) in [4.78, 5) is 11.9. The number of carbonyl (C=O) groups is 1. The molecule has 1 aromatic rings. The molecule has 1 heterocycles. The molecule has 1 aromatic heterocycles. The molecule has 17 heavy (non-hydrogen) atoms. The molecule has 0 radical (unpaired) electrons. The van der Waals surface area contributed by atoms with Crippen molar-refractivity contribution in [3.8, 4) is 0 Å². The Labute approximate surface area is 102 Å². The summed E-state index contributed by atoms with van der Waals surface area (Å²) < 4.78 is 0. The van der Waals surface area contributed by atoms with Gasteiger partial charge in [0.2, 0.25) is 0 Å². The molecule has 0 unspecified atom stereocenters. The van der Waals surface area contributed by atoms with E-state index in [-0.39, 0.29) is 11.3 Å². The van der Waals surface area contributed by atoms with Gasteiger partial charge in [0, 0.05) is 12.2 Å². The van der Waals surface area contributed by atoms with Crippen LogP contribution in [0.25, 0.3) is 0 Å². The second-order valence-corrected chi connectivity index (χ2v) is 4.50. The summed E-state index contributed by atoms with van der Waals surface area (Å²) in [5.74, 6) is -0.0871. The van der Waals surface area contributed by atoms with Crippen molar-refractivity contribution in [1.82, 2.24) is 15.5 Å². The van der Waals surface area contributed by atoms with Crippen LogP contribution in [-0.4, -0.2) is 29.2 Å². The van der Waals surface area contributed by atoms with Gasteiger partial charge in [-0.25, -0.2) is 0 Å². The van der Waals surface area contributed by atoms with E-state index in [4.69, 9.17) is 5.73 Å². The van der Waals surface area contributed by atoms with E-state index in [1.165, 1.54) is 0 Å². The molecule has 0 atom stereocenters. The Hall–Kier alpha value is -1.36. The Bertz CT molecular complexity index is 360. The zero-order valence-corrected chi connectivity index (χ0v) is 10.8. The molecule has 5 nitrogen and oxygen atoms in total. The summed E-state index contributed by atoms with van der Waals surface area (Å²) in [5.41, 5.74) is 7.19. The number of nitrogens with one attached hydrogen (secondary N) is 2. The Balaban J connectivity index is 2.62. The topological polar surface area (TPSA) is 83.8 Å². The minimum Gasteiger partial charge on any atom is -0.351 e. The number of aromatic amines is 1. The van der Waals surface area contributed by atoms with Gasteiger partial charge in [-0.2, -0.15) is 5.10 Å². The summed E-state index contributed by atoms with van der Waals surface area (Å²) in [6, 6.07) is 0. The first kappa shape index (κ1) is 13.7. The first-order chi connectivity index (χ1) is 8.08. The van der Waals surface area contributed by atoms with Crippen molar-refractivity contribution in [1.29, 1.82) is 0 Å². The van der Waals surface area contributed by atoms with Crippen LogP contribution in [0.2, 0.25) is 0 Å². The minimum absolute atomic E-state index is 0.00724. The maximum atomic E-state index is 11.9. The van der Waals surface area contributed by atoms with Crippen LogP contribution in [0.15, 0.2) is 6.20 Å². The van der Waals surface area contributed by atoms with Crippen LogP contribution in [0.3, 0.4) is 0 Å². The quantitative estimate of drug-likeness (QED) is 0.696. The van der Waals surface area contributed by atoms with Crippen LogP contribution in [0.4, 0.5) is 0 Å². The normalized spacial score (nSPS) is 11.5. The van der Waals surface area contributed by atoms with Gasteiger partial charge in [-0.1, -0.05) is 13.8 Å². The van der Waals surface area contributed by atoms with E-state index in [0.29, 0.717) is 18.7 Å². The van der Waals surface area contributed by atoms with E-state index < -0.39 is 0 Å². The molecule has 1 rings (SSSR count). The van der Waals surface area contributed by atoms with Gasteiger partial charge >= 0.3 is 0 Å². The van der Waals surface area contributed by atoms with Gasteiger partial charge < -0.3 is 11.1 Å². The lowest BCUT2D eigenvalue weighted by atomic mass is 9.82. The molecular formula is C12H22N4O. The number of aryl methyl sites for hydroxylation is 1. The SMILES string of the molecule is CCC(CC)(CN)CNC(=O)c1cn[nH]c1C. The molecule has 1 amide bonds. The molecule has 0 aromatic carbocycles. The van der Waals surface area contributed by atoms with Crippen molar-refractivity contribution in [2.75, 3.05) is 13.1 Å². The Morgan fingerprint density at radius 1 is 1.53 bits per heavy atom. The van der Waals surface area contributed by atoms with Crippen LogP contribution in [-0.2, 0) is 0 Å². The predicted octanol–water partition coefficient (Wildman–Crippen LogP) is 1.21. The van der Waals surface area contributed by atoms with Gasteiger partial charge in [-0.3, -0.25) is 9.89 Å². The Morgan fingerprint density at radius 3 is 2.59 bits per heavy atom. The summed E-state index contributed by atoms with van der Waals surface area (Å²) >= 11 is 0. The van der Waals surface area contributed by atoms with Gasteiger partial charge in [0.05, 0.1) is 11.8 Å². The number of hydrogen-bond donors (Lipinski definition) is 3. The monoisotopic (exact) mass is 238 g/mol. The van der Waals surface area contributed by atoms with Crippen molar-refractivity contribution in [3.05, 3.63) is 17.5 Å². The lowest BCUT2D eigenvalue weighted by Crippen LogP contribution is -2.41. The predicted molar refractivity (Wildman–Crippen MR) is 67.7 cm³/mol. The number of aromatic nitrogens is 2. The van der Waals surface area contributed by atoms with Gasteiger partial charge in [-0.15, -0.1) is 0 Å².